The fourth-order valence-corrected chi connectivity index (χ4v) is 4.10. The summed E-state index contributed by atoms with van der Waals surface area (Å²) in [4.78, 5) is 7.73. The highest BCUT2D eigenvalue weighted by Crippen LogP contribution is 2.31. The van der Waals surface area contributed by atoms with Gasteiger partial charge in [-0.15, -0.1) is 0 Å². The predicted molar refractivity (Wildman–Crippen MR) is 109 cm³/mol. The number of hydrogen-bond donors (Lipinski definition) is 1. The summed E-state index contributed by atoms with van der Waals surface area (Å²) < 4.78 is 59.9. The van der Waals surface area contributed by atoms with E-state index in [-0.39, 0.29) is 11.6 Å². The van der Waals surface area contributed by atoms with Crippen LogP contribution in [0.1, 0.15) is 0 Å². The molecule has 2 heterocycles. The van der Waals surface area contributed by atoms with Crippen molar-refractivity contribution in [1.82, 2.24) is 9.97 Å². The van der Waals surface area contributed by atoms with Crippen molar-refractivity contribution in [3.8, 4) is 17.0 Å². The molecule has 1 N–H and O–H groups in total. The predicted octanol–water partition coefficient (Wildman–Crippen LogP) is 4.38. The van der Waals surface area contributed by atoms with Crippen LogP contribution in [-0.4, -0.2) is 25.5 Å². The second-order valence-electron chi connectivity index (χ2n) is 6.37. The highest BCUT2D eigenvalue weighted by molar-refractivity contribution is 7.92. The Kier molecular flexibility index (Phi) is 5.04. The number of methoxy groups -OCH3 is 1. The van der Waals surface area contributed by atoms with Gasteiger partial charge in [0, 0.05) is 29.4 Å². The van der Waals surface area contributed by atoms with E-state index in [2.05, 4.69) is 14.7 Å². The van der Waals surface area contributed by atoms with Crippen LogP contribution in [0.3, 0.4) is 0 Å². The molecule has 2 aromatic carbocycles. The van der Waals surface area contributed by atoms with E-state index in [0.29, 0.717) is 11.6 Å². The van der Waals surface area contributed by atoms with Gasteiger partial charge in [-0.2, -0.15) is 0 Å². The van der Waals surface area contributed by atoms with Crippen molar-refractivity contribution in [2.24, 2.45) is 0 Å². The molecular formula is C21H15F2N3O3S. The molecule has 0 unspecified atom stereocenters. The highest BCUT2D eigenvalue weighted by Gasteiger charge is 2.22. The van der Waals surface area contributed by atoms with Gasteiger partial charge >= 0.3 is 0 Å². The zero-order valence-corrected chi connectivity index (χ0v) is 16.5. The minimum Gasteiger partial charge on any atom is -0.480 e. The molecule has 4 rings (SSSR count). The first-order valence-corrected chi connectivity index (χ1v) is 10.2. The maximum atomic E-state index is 14.0. The summed E-state index contributed by atoms with van der Waals surface area (Å²) in [5.41, 5.74) is 2.22. The molecule has 4 aromatic rings. The molecule has 6 nitrogen and oxygen atoms in total. The Morgan fingerprint density at radius 3 is 2.57 bits per heavy atom. The lowest BCUT2D eigenvalue weighted by Gasteiger charge is -2.13. The molecule has 0 radical (unpaired) electrons. The van der Waals surface area contributed by atoms with Gasteiger partial charge in [0.05, 0.1) is 12.6 Å². The van der Waals surface area contributed by atoms with Gasteiger partial charge in [0.25, 0.3) is 10.0 Å². The fourth-order valence-electron chi connectivity index (χ4n) is 2.99. The largest absolute Gasteiger partial charge is 0.480 e. The summed E-state index contributed by atoms with van der Waals surface area (Å²) in [7, 11) is -3.02. The van der Waals surface area contributed by atoms with E-state index < -0.39 is 26.6 Å². The number of anilines is 1. The van der Waals surface area contributed by atoms with Crippen LogP contribution >= 0.6 is 0 Å². The first-order chi connectivity index (χ1) is 14.4. The molecule has 0 atom stereocenters. The lowest BCUT2D eigenvalue weighted by atomic mass is 10.0. The molecular weight excluding hydrogens is 412 g/mol. The standard InChI is InChI=1S/C21H15F2N3O3S/c1-29-21-19(26-30(27,28)20-7-5-16(22)11-17(20)23)10-15(12-25-21)13-4-6-18-14(9-13)3-2-8-24-18/h2-12,26H,1H3. The van der Waals surface area contributed by atoms with Crippen LogP contribution in [-0.2, 0) is 10.0 Å². The van der Waals surface area contributed by atoms with Crippen molar-refractivity contribution in [1.29, 1.82) is 0 Å². The highest BCUT2D eigenvalue weighted by atomic mass is 32.2. The van der Waals surface area contributed by atoms with E-state index in [4.69, 9.17) is 4.74 Å². The second-order valence-corrected chi connectivity index (χ2v) is 8.02. The molecule has 0 aliphatic rings. The second kappa shape index (κ2) is 7.68. The van der Waals surface area contributed by atoms with Gasteiger partial charge in [0.1, 0.15) is 22.2 Å². The van der Waals surface area contributed by atoms with Gasteiger partial charge in [-0.3, -0.25) is 9.71 Å². The van der Waals surface area contributed by atoms with E-state index in [1.165, 1.54) is 19.4 Å². The summed E-state index contributed by atoms with van der Waals surface area (Å²) in [5, 5.41) is 0.904. The number of pyridine rings is 2. The molecule has 0 aliphatic carbocycles. The Morgan fingerprint density at radius 2 is 1.80 bits per heavy atom. The van der Waals surface area contributed by atoms with Gasteiger partial charge in [-0.25, -0.2) is 22.2 Å². The first kappa shape index (κ1) is 19.7. The maximum absolute atomic E-state index is 14.0. The van der Waals surface area contributed by atoms with E-state index >= 15 is 0 Å². The Bertz CT molecular complexity index is 1360. The number of halogens is 2. The lowest BCUT2D eigenvalue weighted by Crippen LogP contribution is -2.15. The zero-order chi connectivity index (χ0) is 21.3. The van der Waals surface area contributed by atoms with Gasteiger partial charge in [-0.05, 0) is 42.0 Å². The minimum atomic E-state index is -4.35. The Morgan fingerprint density at radius 1 is 0.967 bits per heavy atom. The number of nitrogens with one attached hydrogen (secondary N) is 1. The molecule has 0 amide bonds. The molecule has 0 fully saturated rings. The smallest absolute Gasteiger partial charge is 0.264 e. The molecule has 30 heavy (non-hydrogen) atoms. The summed E-state index contributed by atoms with van der Waals surface area (Å²) in [6.45, 7) is 0. The van der Waals surface area contributed by atoms with E-state index in [1.807, 2.05) is 30.3 Å². The molecule has 0 saturated carbocycles. The van der Waals surface area contributed by atoms with Gasteiger partial charge in [0.2, 0.25) is 5.88 Å². The molecule has 9 heteroatoms. The van der Waals surface area contributed by atoms with Crippen LogP contribution in [0.5, 0.6) is 5.88 Å². The average molecular weight is 427 g/mol. The lowest BCUT2D eigenvalue weighted by molar-refractivity contribution is 0.400. The van der Waals surface area contributed by atoms with Crippen LogP contribution in [0.4, 0.5) is 14.5 Å². The Hall–Kier alpha value is -3.59. The summed E-state index contributed by atoms with van der Waals surface area (Å²) in [5.74, 6) is -2.07. The zero-order valence-electron chi connectivity index (χ0n) is 15.6. The van der Waals surface area contributed by atoms with Crippen LogP contribution in [0.25, 0.3) is 22.0 Å². The van der Waals surface area contributed by atoms with E-state index in [0.717, 1.165) is 28.6 Å². The molecule has 0 bridgehead atoms. The van der Waals surface area contributed by atoms with Gasteiger partial charge in [0.15, 0.2) is 0 Å². The van der Waals surface area contributed by atoms with Crippen LogP contribution < -0.4 is 9.46 Å². The SMILES string of the molecule is COc1ncc(-c2ccc3ncccc3c2)cc1NS(=O)(=O)c1ccc(F)cc1F. The van der Waals surface area contributed by atoms with Gasteiger partial charge < -0.3 is 4.74 Å². The van der Waals surface area contributed by atoms with Crippen molar-refractivity contribution in [3.63, 3.8) is 0 Å². The van der Waals surface area contributed by atoms with Crippen molar-refractivity contribution >= 4 is 26.6 Å². The minimum absolute atomic E-state index is 0.00676. The van der Waals surface area contributed by atoms with Crippen molar-refractivity contribution in [2.75, 3.05) is 11.8 Å². The topological polar surface area (TPSA) is 81.2 Å². The molecule has 0 aliphatic heterocycles. The third kappa shape index (κ3) is 3.79. The van der Waals surface area contributed by atoms with E-state index in [9.17, 15) is 17.2 Å². The molecule has 0 spiro atoms. The number of nitrogens with zero attached hydrogens (tertiary/aromatic N) is 2. The summed E-state index contributed by atoms with van der Waals surface area (Å²) in [6.07, 6.45) is 3.23. The summed E-state index contributed by atoms with van der Waals surface area (Å²) in [6, 6.07) is 13.0. The molecule has 2 aromatic heterocycles. The maximum Gasteiger partial charge on any atom is 0.264 e. The summed E-state index contributed by atoms with van der Waals surface area (Å²) >= 11 is 0. The Labute approximate surface area is 171 Å². The normalized spacial score (nSPS) is 11.4. The Balaban J connectivity index is 1.75. The first-order valence-electron chi connectivity index (χ1n) is 8.74. The van der Waals surface area contributed by atoms with Gasteiger partial charge in [-0.1, -0.05) is 12.1 Å². The van der Waals surface area contributed by atoms with Crippen molar-refractivity contribution in [3.05, 3.63) is 78.6 Å². The number of benzene rings is 2. The third-order valence-electron chi connectivity index (χ3n) is 4.41. The van der Waals surface area contributed by atoms with Crippen molar-refractivity contribution < 1.29 is 21.9 Å². The monoisotopic (exact) mass is 427 g/mol. The number of hydrogen-bond acceptors (Lipinski definition) is 5. The van der Waals surface area contributed by atoms with E-state index in [1.54, 1.807) is 6.20 Å². The number of rotatable bonds is 5. The molecule has 0 saturated heterocycles. The molecule has 152 valence electrons. The fraction of sp³-hybridized carbons (Fsp3) is 0.0476. The number of sulfonamides is 1. The number of fused-ring (bicyclic) bond motifs is 1. The third-order valence-corrected chi connectivity index (χ3v) is 5.81. The van der Waals surface area contributed by atoms with Crippen LogP contribution in [0.15, 0.2) is 71.9 Å². The van der Waals surface area contributed by atoms with Crippen LogP contribution in [0.2, 0.25) is 0 Å². The van der Waals surface area contributed by atoms with Crippen molar-refractivity contribution in [2.45, 2.75) is 4.90 Å². The quantitative estimate of drug-likeness (QED) is 0.511. The van der Waals surface area contributed by atoms with Crippen LogP contribution in [0, 0.1) is 11.6 Å². The number of ether oxygens (including phenoxy) is 1. The average Bonchev–Trinajstić information content (AvgIpc) is 2.72. The number of aromatic nitrogens is 2.